The summed E-state index contributed by atoms with van der Waals surface area (Å²) in [6.07, 6.45) is 1.11. The van der Waals surface area contributed by atoms with Gasteiger partial charge >= 0.3 is 0 Å². The van der Waals surface area contributed by atoms with Crippen molar-refractivity contribution in [2.75, 3.05) is 25.1 Å². The summed E-state index contributed by atoms with van der Waals surface area (Å²) in [6, 6.07) is 5.96. The SMILES string of the molecule is CCC1COC(C)CN1c1ccc(C(C)NC)cc1F. The van der Waals surface area contributed by atoms with E-state index in [0.717, 1.165) is 18.5 Å². The lowest BCUT2D eigenvalue weighted by Crippen LogP contribution is -2.49. The highest BCUT2D eigenvalue weighted by Crippen LogP contribution is 2.28. The molecule has 2 rings (SSSR count). The Labute approximate surface area is 121 Å². The minimum atomic E-state index is -0.142. The summed E-state index contributed by atoms with van der Waals surface area (Å²) in [6.45, 7) is 7.60. The van der Waals surface area contributed by atoms with Gasteiger partial charge in [-0.25, -0.2) is 4.39 Å². The lowest BCUT2D eigenvalue weighted by molar-refractivity contribution is 0.0297. The average Bonchev–Trinajstić information content (AvgIpc) is 2.46. The second-order valence-electron chi connectivity index (χ2n) is 5.58. The van der Waals surface area contributed by atoms with Gasteiger partial charge in [0.2, 0.25) is 0 Å². The molecule has 20 heavy (non-hydrogen) atoms. The fraction of sp³-hybridized carbons (Fsp3) is 0.625. The lowest BCUT2D eigenvalue weighted by atomic mass is 10.0. The third-order valence-electron chi connectivity index (χ3n) is 4.15. The van der Waals surface area contributed by atoms with Crippen molar-refractivity contribution in [2.45, 2.75) is 45.4 Å². The number of anilines is 1. The standard InChI is InChI=1S/C16H25FN2O/c1-5-14-10-20-11(2)9-19(14)16-7-6-13(8-15(16)17)12(3)18-4/h6-8,11-12,14,18H,5,9-10H2,1-4H3. The van der Waals surface area contributed by atoms with Gasteiger partial charge in [-0.1, -0.05) is 13.0 Å². The number of halogens is 1. The van der Waals surface area contributed by atoms with E-state index in [0.29, 0.717) is 12.3 Å². The van der Waals surface area contributed by atoms with Gasteiger partial charge < -0.3 is 15.0 Å². The number of ether oxygens (including phenoxy) is 1. The number of benzene rings is 1. The molecule has 1 aliphatic heterocycles. The number of rotatable bonds is 4. The molecular formula is C16H25FN2O. The molecule has 3 atom stereocenters. The van der Waals surface area contributed by atoms with Gasteiger partial charge in [0.25, 0.3) is 0 Å². The van der Waals surface area contributed by atoms with Crippen molar-refractivity contribution >= 4 is 5.69 Å². The first kappa shape index (κ1) is 15.3. The largest absolute Gasteiger partial charge is 0.375 e. The van der Waals surface area contributed by atoms with Crippen LogP contribution in [0.1, 0.15) is 38.8 Å². The van der Waals surface area contributed by atoms with Gasteiger partial charge in [-0.15, -0.1) is 0 Å². The average molecular weight is 280 g/mol. The molecule has 1 aliphatic rings. The molecule has 3 nitrogen and oxygen atoms in total. The van der Waals surface area contributed by atoms with E-state index >= 15 is 0 Å². The Balaban J connectivity index is 2.26. The Morgan fingerprint density at radius 2 is 2.25 bits per heavy atom. The molecule has 1 aromatic rings. The smallest absolute Gasteiger partial charge is 0.146 e. The number of nitrogens with zero attached hydrogens (tertiary/aromatic N) is 1. The van der Waals surface area contributed by atoms with Crippen LogP contribution in [0.4, 0.5) is 10.1 Å². The predicted octanol–water partition coefficient (Wildman–Crippen LogP) is 3.11. The monoisotopic (exact) mass is 280 g/mol. The first-order valence-electron chi connectivity index (χ1n) is 7.41. The molecule has 3 unspecified atom stereocenters. The summed E-state index contributed by atoms with van der Waals surface area (Å²) in [5.41, 5.74) is 1.67. The highest BCUT2D eigenvalue weighted by Gasteiger charge is 2.27. The highest BCUT2D eigenvalue weighted by atomic mass is 19.1. The van der Waals surface area contributed by atoms with Crippen LogP contribution in [0.3, 0.4) is 0 Å². The summed E-state index contributed by atoms with van der Waals surface area (Å²) in [7, 11) is 1.88. The Morgan fingerprint density at radius 3 is 2.85 bits per heavy atom. The van der Waals surface area contributed by atoms with Crippen LogP contribution in [0.25, 0.3) is 0 Å². The van der Waals surface area contributed by atoms with Crippen LogP contribution < -0.4 is 10.2 Å². The summed E-state index contributed by atoms with van der Waals surface area (Å²) >= 11 is 0. The molecule has 1 saturated heterocycles. The molecule has 1 heterocycles. The van der Waals surface area contributed by atoms with Gasteiger partial charge in [0.05, 0.1) is 24.4 Å². The van der Waals surface area contributed by atoms with E-state index in [1.54, 1.807) is 6.07 Å². The van der Waals surface area contributed by atoms with Crippen LogP contribution in [0.2, 0.25) is 0 Å². The third-order valence-corrected chi connectivity index (χ3v) is 4.15. The second kappa shape index (κ2) is 6.55. The quantitative estimate of drug-likeness (QED) is 0.917. The van der Waals surface area contributed by atoms with Crippen LogP contribution in [0.15, 0.2) is 18.2 Å². The van der Waals surface area contributed by atoms with Crippen LogP contribution in [-0.4, -0.2) is 32.3 Å². The number of hydrogen-bond donors (Lipinski definition) is 1. The molecular weight excluding hydrogens is 255 g/mol. The highest BCUT2D eigenvalue weighted by molar-refractivity contribution is 5.51. The molecule has 0 bridgehead atoms. The second-order valence-corrected chi connectivity index (χ2v) is 5.58. The van der Waals surface area contributed by atoms with Crippen LogP contribution in [0.5, 0.6) is 0 Å². The zero-order valence-electron chi connectivity index (χ0n) is 12.8. The number of hydrogen-bond acceptors (Lipinski definition) is 3. The zero-order valence-corrected chi connectivity index (χ0v) is 12.8. The van der Waals surface area contributed by atoms with Crippen molar-refractivity contribution in [3.8, 4) is 0 Å². The van der Waals surface area contributed by atoms with Crippen molar-refractivity contribution in [1.82, 2.24) is 5.32 Å². The fourth-order valence-electron chi connectivity index (χ4n) is 2.67. The maximum Gasteiger partial charge on any atom is 0.146 e. The molecule has 1 fully saturated rings. The fourth-order valence-corrected chi connectivity index (χ4v) is 2.67. The summed E-state index contributed by atoms with van der Waals surface area (Å²) in [4.78, 5) is 2.15. The van der Waals surface area contributed by atoms with Gasteiger partial charge in [-0.3, -0.25) is 0 Å². The molecule has 1 aromatic carbocycles. The van der Waals surface area contributed by atoms with Gasteiger partial charge in [0.15, 0.2) is 0 Å². The molecule has 112 valence electrons. The van der Waals surface area contributed by atoms with Crippen LogP contribution >= 0.6 is 0 Å². The minimum Gasteiger partial charge on any atom is -0.375 e. The molecule has 0 radical (unpaired) electrons. The molecule has 0 spiro atoms. The number of morpholine rings is 1. The number of nitrogens with one attached hydrogen (secondary N) is 1. The van der Waals surface area contributed by atoms with E-state index in [-0.39, 0.29) is 24.0 Å². The van der Waals surface area contributed by atoms with Gasteiger partial charge in [-0.2, -0.15) is 0 Å². The summed E-state index contributed by atoms with van der Waals surface area (Å²) in [5, 5.41) is 3.13. The Morgan fingerprint density at radius 1 is 1.50 bits per heavy atom. The maximum atomic E-state index is 14.5. The first-order chi connectivity index (χ1) is 9.56. The van der Waals surface area contributed by atoms with Crippen molar-refractivity contribution in [3.05, 3.63) is 29.6 Å². The maximum absolute atomic E-state index is 14.5. The first-order valence-corrected chi connectivity index (χ1v) is 7.41. The van der Waals surface area contributed by atoms with E-state index in [4.69, 9.17) is 4.74 Å². The van der Waals surface area contributed by atoms with E-state index in [1.165, 1.54) is 0 Å². The molecule has 0 amide bonds. The molecule has 0 saturated carbocycles. The molecule has 4 heteroatoms. The van der Waals surface area contributed by atoms with E-state index < -0.39 is 0 Å². The van der Waals surface area contributed by atoms with E-state index in [2.05, 4.69) is 17.1 Å². The van der Waals surface area contributed by atoms with Crippen LogP contribution in [-0.2, 0) is 4.74 Å². The van der Waals surface area contributed by atoms with Gasteiger partial charge in [-0.05, 0) is 45.0 Å². The van der Waals surface area contributed by atoms with Crippen molar-refractivity contribution in [3.63, 3.8) is 0 Å². The van der Waals surface area contributed by atoms with Crippen LogP contribution in [0, 0.1) is 5.82 Å². The zero-order chi connectivity index (χ0) is 14.7. The third kappa shape index (κ3) is 3.13. The Kier molecular flexibility index (Phi) is 5.00. The van der Waals surface area contributed by atoms with Gasteiger partial charge in [0, 0.05) is 12.6 Å². The summed E-state index contributed by atoms with van der Waals surface area (Å²) in [5.74, 6) is -0.142. The van der Waals surface area contributed by atoms with E-state index in [9.17, 15) is 4.39 Å². The minimum absolute atomic E-state index is 0.142. The predicted molar refractivity (Wildman–Crippen MR) is 80.7 cm³/mol. The topological polar surface area (TPSA) is 24.5 Å². The summed E-state index contributed by atoms with van der Waals surface area (Å²) < 4.78 is 20.1. The van der Waals surface area contributed by atoms with Crippen molar-refractivity contribution in [1.29, 1.82) is 0 Å². The Bertz CT molecular complexity index is 452. The normalized spacial score (nSPS) is 24.8. The molecule has 1 N–H and O–H groups in total. The molecule has 0 aliphatic carbocycles. The van der Waals surface area contributed by atoms with Crippen molar-refractivity contribution in [2.24, 2.45) is 0 Å². The van der Waals surface area contributed by atoms with E-state index in [1.807, 2.05) is 33.0 Å². The van der Waals surface area contributed by atoms with Gasteiger partial charge in [0.1, 0.15) is 5.82 Å². The Hall–Kier alpha value is -1.13. The van der Waals surface area contributed by atoms with Crippen molar-refractivity contribution < 1.29 is 9.13 Å². The molecule has 0 aromatic heterocycles. The lowest BCUT2D eigenvalue weighted by Gasteiger charge is -2.40.